The number of hydrogen-bond donors (Lipinski definition) is 1. The number of likely N-dealkylation sites (tertiary alicyclic amines) is 1. The zero-order valence-electron chi connectivity index (χ0n) is 14.7. The molecule has 25 heavy (non-hydrogen) atoms. The molecule has 1 aliphatic rings. The van der Waals surface area contributed by atoms with E-state index in [0.717, 1.165) is 42.9 Å². The third-order valence-corrected chi connectivity index (χ3v) is 5.28. The second kappa shape index (κ2) is 7.82. The van der Waals surface area contributed by atoms with Crippen molar-refractivity contribution in [1.82, 2.24) is 20.0 Å². The number of carbonyl (C=O) groups excluding carboxylic acids is 2. The quantitative estimate of drug-likeness (QED) is 0.891. The summed E-state index contributed by atoms with van der Waals surface area (Å²) in [6, 6.07) is 3.72. The second-order valence-electron chi connectivity index (χ2n) is 6.43. The lowest BCUT2D eigenvalue weighted by Gasteiger charge is -2.33. The summed E-state index contributed by atoms with van der Waals surface area (Å²) in [6.07, 6.45) is 4.58. The van der Waals surface area contributed by atoms with Gasteiger partial charge in [0.2, 0.25) is 0 Å². The van der Waals surface area contributed by atoms with Crippen molar-refractivity contribution in [3.05, 3.63) is 39.8 Å². The molecule has 2 amide bonds. The molecule has 134 valence electrons. The Balaban J connectivity index is 1.62. The average Bonchev–Trinajstić information content (AvgIpc) is 3.24. The Hall–Kier alpha value is -2.15. The van der Waals surface area contributed by atoms with E-state index in [0.29, 0.717) is 12.1 Å². The van der Waals surface area contributed by atoms with E-state index in [4.69, 9.17) is 0 Å². The van der Waals surface area contributed by atoms with E-state index in [-0.39, 0.29) is 17.9 Å². The zero-order valence-corrected chi connectivity index (χ0v) is 15.5. The Morgan fingerprint density at radius 1 is 1.44 bits per heavy atom. The number of piperidine rings is 1. The molecule has 0 radical (unpaired) electrons. The van der Waals surface area contributed by atoms with Gasteiger partial charge in [-0.15, -0.1) is 11.3 Å². The number of nitrogens with zero attached hydrogens (tertiary/aromatic N) is 3. The van der Waals surface area contributed by atoms with Gasteiger partial charge >= 0.3 is 0 Å². The lowest BCUT2D eigenvalue weighted by atomic mass is 10.0. The maximum absolute atomic E-state index is 12.6. The Bertz CT molecular complexity index is 738. The number of aryl methyl sites for hydroxylation is 2. The Kier molecular flexibility index (Phi) is 5.53. The van der Waals surface area contributed by atoms with Crippen LogP contribution in [0.25, 0.3) is 0 Å². The summed E-state index contributed by atoms with van der Waals surface area (Å²) in [5.41, 5.74) is 1.36. The summed E-state index contributed by atoms with van der Waals surface area (Å²) in [5, 5.41) is 9.37. The highest BCUT2D eigenvalue weighted by molar-refractivity contribution is 7.12. The zero-order chi connectivity index (χ0) is 17.8. The van der Waals surface area contributed by atoms with E-state index in [1.165, 1.54) is 11.3 Å². The van der Waals surface area contributed by atoms with Gasteiger partial charge in [-0.2, -0.15) is 5.10 Å². The molecule has 1 atom stereocenters. The first-order valence-corrected chi connectivity index (χ1v) is 9.64. The fourth-order valence-electron chi connectivity index (χ4n) is 3.18. The number of carbonyl (C=O) groups is 2. The Labute approximate surface area is 151 Å². The minimum Gasteiger partial charge on any atom is -0.347 e. The highest BCUT2D eigenvalue weighted by Crippen LogP contribution is 2.17. The van der Waals surface area contributed by atoms with Crippen molar-refractivity contribution in [3.63, 3.8) is 0 Å². The molecule has 1 fully saturated rings. The average molecular weight is 360 g/mol. The fourth-order valence-corrected chi connectivity index (χ4v) is 3.87. The van der Waals surface area contributed by atoms with Crippen molar-refractivity contribution in [2.24, 2.45) is 0 Å². The molecule has 0 spiro atoms. The first-order valence-electron chi connectivity index (χ1n) is 8.76. The summed E-state index contributed by atoms with van der Waals surface area (Å²) in [6.45, 7) is 6.05. The molecule has 0 aromatic carbocycles. The molecule has 0 bridgehead atoms. The van der Waals surface area contributed by atoms with Crippen LogP contribution in [-0.2, 0) is 6.54 Å². The topological polar surface area (TPSA) is 67.2 Å². The van der Waals surface area contributed by atoms with E-state index in [1.807, 2.05) is 40.2 Å². The van der Waals surface area contributed by atoms with Crippen molar-refractivity contribution in [3.8, 4) is 0 Å². The minimum atomic E-state index is -0.102. The van der Waals surface area contributed by atoms with Crippen LogP contribution >= 0.6 is 11.3 Å². The SMILES string of the molecule is CCCn1cc(C(=O)N[C@@H]2CCCN(C(=O)c3cccs3)C2)c(C)n1. The van der Waals surface area contributed by atoms with Crippen LogP contribution in [0, 0.1) is 6.92 Å². The van der Waals surface area contributed by atoms with E-state index in [2.05, 4.69) is 17.3 Å². The fraction of sp³-hybridized carbons (Fsp3) is 0.500. The Morgan fingerprint density at radius 3 is 3.00 bits per heavy atom. The highest BCUT2D eigenvalue weighted by Gasteiger charge is 2.27. The standard InChI is InChI=1S/C18H24N4O2S/c1-3-8-22-12-15(13(2)20-22)17(23)19-14-6-4-9-21(11-14)18(24)16-7-5-10-25-16/h5,7,10,12,14H,3-4,6,8-9,11H2,1-2H3,(H,19,23)/t14-/m1/s1. The number of nitrogens with one attached hydrogen (secondary N) is 1. The smallest absolute Gasteiger partial charge is 0.263 e. The van der Waals surface area contributed by atoms with Gasteiger partial charge in [-0.1, -0.05) is 13.0 Å². The predicted molar refractivity (Wildman–Crippen MR) is 98.0 cm³/mol. The van der Waals surface area contributed by atoms with Gasteiger partial charge in [-0.3, -0.25) is 14.3 Å². The van der Waals surface area contributed by atoms with Crippen molar-refractivity contribution < 1.29 is 9.59 Å². The molecule has 2 aromatic heterocycles. The summed E-state index contributed by atoms with van der Waals surface area (Å²) in [4.78, 5) is 27.7. The van der Waals surface area contributed by atoms with Crippen molar-refractivity contribution in [2.45, 2.75) is 45.7 Å². The molecule has 0 aliphatic carbocycles. The van der Waals surface area contributed by atoms with Gasteiger partial charge < -0.3 is 10.2 Å². The van der Waals surface area contributed by atoms with E-state index in [9.17, 15) is 9.59 Å². The maximum Gasteiger partial charge on any atom is 0.263 e. The van der Waals surface area contributed by atoms with Gasteiger partial charge in [-0.05, 0) is 37.6 Å². The number of aromatic nitrogens is 2. The largest absolute Gasteiger partial charge is 0.347 e. The number of thiophene rings is 1. The van der Waals surface area contributed by atoms with Crippen LogP contribution in [0.2, 0.25) is 0 Å². The molecule has 0 saturated carbocycles. The normalized spacial score (nSPS) is 17.5. The van der Waals surface area contributed by atoms with E-state index < -0.39 is 0 Å². The molecular formula is C18H24N4O2S. The first kappa shape index (κ1) is 17.7. The summed E-state index contributed by atoms with van der Waals surface area (Å²) < 4.78 is 1.82. The highest BCUT2D eigenvalue weighted by atomic mass is 32.1. The minimum absolute atomic E-state index is 0.0147. The van der Waals surface area contributed by atoms with Crippen LogP contribution in [0.1, 0.15) is 51.9 Å². The lowest BCUT2D eigenvalue weighted by Crippen LogP contribution is -2.49. The van der Waals surface area contributed by atoms with Gasteiger partial charge in [-0.25, -0.2) is 0 Å². The van der Waals surface area contributed by atoms with Gasteiger partial charge in [0, 0.05) is 31.9 Å². The molecule has 1 N–H and O–H groups in total. The van der Waals surface area contributed by atoms with Gasteiger partial charge in [0.1, 0.15) is 0 Å². The maximum atomic E-state index is 12.6. The van der Waals surface area contributed by atoms with Crippen molar-refractivity contribution in [2.75, 3.05) is 13.1 Å². The monoisotopic (exact) mass is 360 g/mol. The predicted octanol–water partition coefficient (Wildman–Crippen LogP) is 2.70. The molecule has 1 saturated heterocycles. The third-order valence-electron chi connectivity index (χ3n) is 4.42. The molecule has 6 nitrogen and oxygen atoms in total. The molecule has 3 rings (SSSR count). The molecule has 2 aromatic rings. The van der Waals surface area contributed by atoms with Crippen LogP contribution in [0.15, 0.2) is 23.7 Å². The first-order chi connectivity index (χ1) is 12.1. The van der Waals surface area contributed by atoms with Crippen LogP contribution < -0.4 is 5.32 Å². The van der Waals surface area contributed by atoms with Crippen LogP contribution in [0.4, 0.5) is 0 Å². The van der Waals surface area contributed by atoms with Crippen LogP contribution in [0.5, 0.6) is 0 Å². The lowest BCUT2D eigenvalue weighted by molar-refractivity contribution is 0.0680. The van der Waals surface area contributed by atoms with Gasteiger partial charge in [0.25, 0.3) is 11.8 Å². The van der Waals surface area contributed by atoms with Crippen molar-refractivity contribution in [1.29, 1.82) is 0 Å². The number of amides is 2. The molecule has 3 heterocycles. The molecule has 1 aliphatic heterocycles. The third kappa shape index (κ3) is 4.10. The summed E-state index contributed by atoms with van der Waals surface area (Å²) in [5.74, 6) is -0.0452. The van der Waals surface area contributed by atoms with E-state index in [1.54, 1.807) is 0 Å². The molecule has 7 heteroatoms. The molecular weight excluding hydrogens is 336 g/mol. The summed E-state index contributed by atoms with van der Waals surface area (Å²) >= 11 is 1.46. The second-order valence-corrected chi connectivity index (χ2v) is 7.38. The molecule has 0 unspecified atom stereocenters. The number of rotatable bonds is 5. The van der Waals surface area contributed by atoms with Gasteiger partial charge in [0.05, 0.1) is 16.1 Å². The van der Waals surface area contributed by atoms with Gasteiger partial charge in [0.15, 0.2) is 0 Å². The van der Waals surface area contributed by atoms with Crippen LogP contribution in [0.3, 0.4) is 0 Å². The van der Waals surface area contributed by atoms with Crippen LogP contribution in [-0.4, -0.2) is 45.6 Å². The number of hydrogen-bond acceptors (Lipinski definition) is 4. The van der Waals surface area contributed by atoms with Crippen molar-refractivity contribution >= 4 is 23.2 Å². The Morgan fingerprint density at radius 2 is 2.28 bits per heavy atom. The van der Waals surface area contributed by atoms with E-state index >= 15 is 0 Å². The summed E-state index contributed by atoms with van der Waals surface area (Å²) in [7, 11) is 0.